The molecule has 0 aliphatic rings. The number of nitrogens with zero attached hydrogens (tertiary/aromatic N) is 1. The number of ether oxygens (including phenoxy) is 1. The van der Waals surface area contributed by atoms with Gasteiger partial charge in [0.15, 0.2) is 11.5 Å². The molecule has 0 aliphatic heterocycles. The lowest BCUT2D eigenvalue weighted by Crippen LogP contribution is -2.33. The lowest BCUT2D eigenvalue weighted by atomic mass is 10.1. The molecule has 1 amide bonds. The van der Waals surface area contributed by atoms with Crippen molar-refractivity contribution in [3.63, 3.8) is 0 Å². The molecule has 1 atom stereocenters. The zero-order valence-corrected chi connectivity index (χ0v) is 14.4. The molecule has 0 saturated heterocycles. The molecule has 128 valence electrons. The average Bonchev–Trinajstić information content (AvgIpc) is 3.13. The highest BCUT2D eigenvalue weighted by molar-refractivity contribution is 6.30. The third-order valence-corrected chi connectivity index (χ3v) is 3.75. The van der Waals surface area contributed by atoms with Crippen LogP contribution in [-0.4, -0.2) is 23.7 Å². The smallest absolute Gasteiger partial charge is 0.273 e. The molecule has 0 spiro atoms. The maximum Gasteiger partial charge on any atom is 0.273 e. The van der Waals surface area contributed by atoms with E-state index < -0.39 is 0 Å². The first-order valence-electron chi connectivity index (χ1n) is 7.84. The Balaban J connectivity index is 1.54. The second-order valence-electron chi connectivity index (χ2n) is 5.53. The van der Waals surface area contributed by atoms with Crippen molar-refractivity contribution in [3.05, 3.63) is 71.4 Å². The number of hydrogen-bond acceptors (Lipinski definition) is 4. The number of hydrogen-bond donors (Lipinski definition) is 1. The predicted molar refractivity (Wildman–Crippen MR) is 95.8 cm³/mol. The lowest BCUT2D eigenvalue weighted by molar-refractivity contribution is 0.0923. The fraction of sp³-hybridized carbons (Fsp3) is 0.158. The molecule has 0 radical (unpaired) electrons. The van der Waals surface area contributed by atoms with Crippen molar-refractivity contribution in [3.8, 4) is 17.1 Å². The van der Waals surface area contributed by atoms with E-state index in [9.17, 15) is 4.79 Å². The molecule has 25 heavy (non-hydrogen) atoms. The largest absolute Gasteiger partial charge is 0.489 e. The first-order chi connectivity index (χ1) is 12.1. The molecule has 0 fully saturated rings. The van der Waals surface area contributed by atoms with Gasteiger partial charge in [-0.2, -0.15) is 0 Å². The van der Waals surface area contributed by atoms with E-state index >= 15 is 0 Å². The van der Waals surface area contributed by atoms with E-state index in [1.54, 1.807) is 30.3 Å². The number of aromatic nitrogens is 1. The van der Waals surface area contributed by atoms with Crippen molar-refractivity contribution in [1.82, 2.24) is 10.5 Å². The highest BCUT2D eigenvalue weighted by atomic mass is 35.5. The summed E-state index contributed by atoms with van der Waals surface area (Å²) in [6, 6.07) is 18.2. The van der Waals surface area contributed by atoms with E-state index in [-0.39, 0.29) is 17.7 Å². The van der Waals surface area contributed by atoms with Crippen LogP contribution in [0.5, 0.6) is 5.75 Å². The minimum Gasteiger partial charge on any atom is -0.489 e. The third kappa shape index (κ3) is 4.61. The zero-order chi connectivity index (χ0) is 17.6. The summed E-state index contributed by atoms with van der Waals surface area (Å²) < 4.78 is 10.9. The van der Waals surface area contributed by atoms with Crippen LogP contribution in [0.2, 0.25) is 5.02 Å². The first-order valence-corrected chi connectivity index (χ1v) is 8.22. The Labute approximate surface area is 150 Å². The monoisotopic (exact) mass is 356 g/mol. The normalized spacial score (nSPS) is 11.8. The van der Waals surface area contributed by atoms with Crippen LogP contribution in [0, 0.1) is 0 Å². The van der Waals surface area contributed by atoms with Crippen LogP contribution < -0.4 is 10.1 Å². The van der Waals surface area contributed by atoms with Gasteiger partial charge < -0.3 is 14.6 Å². The molecule has 1 N–H and O–H groups in total. The first kappa shape index (κ1) is 17.0. The predicted octanol–water partition coefficient (Wildman–Crippen LogP) is 4.19. The highest BCUT2D eigenvalue weighted by Crippen LogP contribution is 2.20. The second kappa shape index (κ2) is 7.85. The van der Waals surface area contributed by atoms with Gasteiger partial charge in [-0.15, -0.1) is 0 Å². The number of rotatable bonds is 6. The molecule has 3 aromatic rings. The summed E-state index contributed by atoms with van der Waals surface area (Å²) in [4.78, 5) is 12.2. The van der Waals surface area contributed by atoms with Crippen LogP contribution in [0.3, 0.4) is 0 Å². The summed E-state index contributed by atoms with van der Waals surface area (Å²) in [5.41, 5.74) is 1.10. The topological polar surface area (TPSA) is 64.4 Å². The van der Waals surface area contributed by atoms with Crippen molar-refractivity contribution >= 4 is 17.5 Å². The molecule has 0 unspecified atom stereocenters. The number of amides is 1. The summed E-state index contributed by atoms with van der Waals surface area (Å²) in [6.07, 6.45) is -0.203. The van der Waals surface area contributed by atoms with Gasteiger partial charge in [0, 0.05) is 16.7 Å². The van der Waals surface area contributed by atoms with Gasteiger partial charge >= 0.3 is 0 Å². The molecule has 2 aromatic carbocycles. The Bertz CT molecular complexity index is 831. The van der Waals surface area contributed by atoms with Crippen molar-refractivity contribution < 1.29 is 14.1 Å². The van der Waals surface area contributed by atoms with E-state index in [2.05, 4.69) is 10.5 Å². The quantitative estimate of drug-likeness (QED) is 0.719. The summed E-state index contributed by atoms with van der Waals surface area (Å²) >= 11 is 5.84. The zero-order valence-electron chi connectivity index (χ0n) is 13.6. The molecule has 6 heteroatoms. The fourth-order valence-electron chi connectivity index (χ4n) is 2.23. The molecule has 1 heterocycles. The van der Waals surface area contributed by atoms with Crippen molar-refractivity contribution in [2.24, 2.45) is 0 Å². The van der Waals surface area contributed by atoms with E-state index in [4.69, 9.17) is 20.9 Å². The Hall–Kier alpha value is -2.79. The van der Waals surface area contributed by atoms with Crippen LogP contribution in [-0.2, 0) is 0 Å². The van der Waals surface area contributed by atoms with Crippen LogP contribution >= 0.6 is 11.6 Å². The van der Waals surface area contributed by atoms with E-state index in [1.165, 1.54) is 0 Å². The van der Waals surface area contributed by atoms with E-state index in [0.29, 0.717) is 23.1 Å². The number of benzene rings is 2. The maximum atomic E-state index is 12.2. The number of nitrogens with one attached hydrogen (secondary N) is 1. The number of carbonyl (C=O) groups excluding carboxylic acids is 1. The molecule has 3 rings (SSSR count). The van der Waals surface area contributed by atoms with Gasteiger partial charge in [0.2, 0.25) is 0 Å². The van der Waals surface area contributed by atoms with E-state index in [0.717, 1.165) is 5.56 Å². The summed E-state index contributed by atoms with van der Waals surface area (Å²) in [7, 11) is 0. The highest BCUT2D eigenvalue weighted by Gasteiger charge is 2.14. The van der Waals surface area contributed by atoms with Crippen molar-refractivity contribution in [2.45, 2.75) is 13.0 Å². The minimum atomic E-state index is -0.308. The second-order valence-corrected chi connectivity index (χ2v) is 5.97. The third-order valence-electron chi connectivity index (χ3n) is 3.50. The average molecular weight is 357 g/mol. The van der Waals surface area contributed by atoms with Crippen molar-refractivity contribution in [1.29, 1.82) is 0 Å². The van der Waals surface area contributed by atoms with Gasteiger partial charge in [-0.3, -0.25) is 4.79 Å². The molecular formula is C19H17ClN2O3. The van der Waals surface area contributed by atoms with Crippen LogP contribution in [0.1, 0.15) is 17.4 Å². The van der Waals surface area contributed by atoms with Gasteiger partial charge in [0.1, 0.15) is 11.9 Å². The van der Waals surface area contributed by atoms with Crippen LogP contribution in [0.15, 0.2) is 65.2 Å². The van der Waals surface area contributed by atoms with Gasteiger partial charge in [-0.05, 0) is 31.2 Å². The Morgan fingerprint density at radius 2 is 1.92 bits per heavy atom. The van der Waals surface area contributed by atoms with E-state index in [1.807, 2.05) is 37.3 Å². The molecule has 1 aromatic heterocycles. The van der Waals surface area contributed by atoms with Crippen molar-refractivity contribution in [2.75, 3.05) is 6.54 Å². The maximum absolute atomic E-state index is 12.2. The van der Waals surface area contributed by atoms with Crippen LogP contribution in [0.25, 0.3) is 11.3 Å². The van der Waals surface area contributed by atoms with Crippen LogP contribution in [0.4, 0.5) is 0 Å². The van der Waals surface area contributed by atoms with Gasteiger partial charge in [-0.1, -0.05) is 47.1 Å². The summed E-state index contributed by atoms with van der Waals surface area (Å²) in [5.74, 6) is 0.938. The molecule has 5 nitrogen and oxygen atoms in total. The van der Waals surface area contributed by atoms with Gasteiger partial charge in [0.05, 0.1) is 6.54 Å². The molecule has 0 bridgehead atoms. The molecular weight excluding hydrogens is 340 g/mol. The fourth-order valence-corrected chi connectivity index (χ4v) is 2.36. The Kier molecular flexibility index (Phi) is 5.36. The van der Waals surface area contributed by atoms with Gasteiger partial charge in [0.25, 0.3) is 5.91 Å². The summed E-state index contributed by atoms with van der Waals surface area (Å²) in [6.45, 7) is 2.21. The standard InChI is InChI=1S/C19H17ClN2O3/c1-13(24-16-9-7-15(20)8-10-16)12-21-19(23)17-11-18(25-22-17)14-5-3-2-4-6-14/h2-11,13H,12H2,1H3,(H,21,23)/t13-/m1/s1. The summed E-state index contributed by atoms with van der Waals surface area (Å²) in [5, 5.41) is 7.25. The van der Waals surface area contributed by atoms with Gasteiger partial charge in [-0.25, -0.2) is 0 Å². The number of carbonyl (C=O) groups is 1. The molecule has 0 aliphatic carbocycles. The number of halogens is 1. The SMILES string of the molecule is C[C@H](CNC(=O)c1cc(-c2ccccc2)on1)Oc1ccc(Cl)cc1. The lowest BCUT2D eigenvalue weighted by Gasteiger charge is -2.15. The Morgan fingerprint density at radius 1 is 1.20 bits per heavy atom. The minimum absolute atomic E-state index is 0.203. The Morgan fingerprint density at radius 3 is 2.64 bits per heavy atom. The molecule has 0 saturated carbocycles.